The van der Waals surface area contributed by atoms with Crippen LogP contribution in [0.1, 0.15) is 34.1 Å². The summed E-state index contributed by atoms with van der Waals surface area (Å²) in [5.41, 5.74) is 1.52. The van der Waals surface area contributed by atoms with Crippen molar-refractivity contribution in [1.82, 2.24) is 0 Å². The fourth-order valence-corrected chi connectivity index (χ4v) is 1.43. The highest BCUT2D eigenvalue weighted by molar-refractivity contribution is 5.28. The van der Waals surface area contributed by atoms with E-state index in [1.807, 2.05) is 12.2 Å². The van der Waals surface area contributed by atoms with Crippen LogP contribution in [0.4, 0.5) is 4.39 Å². The lowest BCUT2D eigenvalue weighted by molar-refractivity contribution is 0.152. The van der Waals surface area contributed by atoms with Crippen LogP contribution >= 0.6 is 0 Å². The molecule has 0 saturated heterocycles. The Hall–Kier alpha value is -0.590. The van der Waals surface area contributed by atoms with Gasteiger partial charge in [0, 0.05) is 5.92 Å². The quantitative estimate of drug-likeness (QED) is 0.560. The second-order valence-corrected chi connectivity index (χ2v) is 4.20. The lowest BCUT2D eigenvalue weighted by Gasteiger charge is -2.27. The Morgan fingerprint density at radius 1 is 1.42 bits per heavy atom. The van der Waals surface area contributed by atoms with E-state index in [2.05, 4.69) is 13.8 Å². The number of alkyl halides is 1. The van der Waals surface area contributed by atoms with Gasteiger partial charge in [-0.15, -0.1) is 0 Å². The second kappa shape index (κ2) is 3.04. The molecule has 0 spiro atoms. The monoisotopic (exact) mass is 168 g/mol. The minimum atomic E-state index is -1.08. The zero-order valence-electron chi connectivity index (χ0n) is 8.32. The van der Waals surface area contributed by atoms with Crippen molar-refractivity contribution < 1.29 is 4.39 Å². The summed E-state index contributed by atoms with van der Waals surface area (Å²) in [5, 5.41) is 0. The Bertz CT molecular complexity index is 228. The van der Waals surface area contributed by atoms with Gasteiger partial charge in [0.05, 0.1) is 0 Å². The van der Waals surface area contributed by atoms with Gasteiger partial charge in [-0.25, -0.2) is 4.39 Å². The molecule has 1 atom stereocenters. The maximum absolute atomic E-state index is 13.5. The van der Waals surface area contributed by atoms with Crippen LogP contribution in [0.2, 0.25) is 0 Å². The maximum Gasteiger partial charge on any atom is 0.112 e. The van der Waals surface area contributed by atoms with E-state index in [0.717, 1.165) is 6.42 Å². The summed E-state index contributed by atoms with van der Waals surface area (Å²) in [6.07, 6.45) is 4.89. The average molecular weight is 168 g/mol. The highest BCUT2D eigenvalue weighted by atomic mass is 19.1. The molecule has 0 nitrogen and oxygen atoms in total. The topological polar surface area (TPSA) is 0 Å². The lowest BCUT2D eigenvalue weighted by atomic mass is 9.82. The summed E-state index contributed by atoms with van der Waals surface area (Å²) in [5.74, 6) is 0.0567. The first-order valence-electron chi connectivity index (χ1n) is 4.44. The Morgan fingerprint density at radius 2 is 2.00 bits per heavy atom. The van der Waals surface area contributed by atoms with Crippen LogP contribution in [0.5, 0.6) is 0 Å². The van der Waals surface area contributed by atoms with Crippen molar-refractivity contribution in [3.8, 4) is 0 Å². The van der Waals surface area contributed by atoms with Crippen molar-refractivity contribution in [3.63, 3.8) is 0 Å². The van der Waals surface area contributed by atoms with Crippen LogP contribution in [0.3, 0.4) is 0 Å². The van der Waals surface area contributed by atoms with E-state index in [9.17, 15) is 4.39 Å². The number of rotatable bonds is 1. The SMILES string of the molecule is CC1=C(C)CC(C(C)(C)F)C=C1. The zero-order chi connectivity index (χ0) is 9.35. The van der Waals surface area contributed by atoms with Gasteiger partial charge in [0.15, 0.2) is 0 Å². The van der Waals surface area contributed by atoms with Gasteiger partial charge in [0.25, 0.3) is 0 Å². The van der Waals surface area contributed by atoms with Crippen LogP contribution in [-0.4, -0.2) is 5.67 Å². The van der Waals surface area contributed by atoms with Crippen molar-refractivity contribution in [2.24, 2.45) is 5.92 Å². The molecule has 0 N–H and O–H groups in total. The van der Waals surface area contributed by atoms with Gasteiger partial charge in [-0.05, 0) is 34.1 Å². The smallest absolute Gasteiger partial charge is 0.112 e. The number of hydrogen-bond acceptors (Lipinski definition) is 0. The summed E-state index contributed by atoms with van der Waals surface area (Å²) in [7, 11) is 0. The molecule has 0 aliphatic heterocycles. The summed E-state index contributed by atoms with van der Waals surface area (Å²) >= 11 is 0. The number of hydrogen-bond donors (Lipinski definition) is 0. The van der Waals surface area contributed by atoms with E-state index < -0.39 is 5.67 Å². The van der Waals surface area contributed by atoms with Crippen molar-refractivity contribution in [2.75, 3.05) is 0 Å². The molecule has 0 aromatic heterocycles. The number of allylic oxidation sites excluding steroid dienone is 4. The van der Waals surface area contributed by atoms with E-state index in [-0.39, 0.29) is 5.92 Å². The molecule has 0 heterocycles. The van der Waals surface area contributed by atoms with E-state index >= 15 is 0 Å². The molecular weight excluding hydrogens is 151 g/mol. The average Bonchev–Trinajstić information content (AvgIpc) is 1.92. The summed E-state index contributed by atoms with van der Waals surface area (Å²) < 4.78 is 13.5. The first-order valence-corrected chi connectivity index (χ1v) is 4.44. The van der Waals surface area contributed by atoms with Crippen LogP contribution in [0, 0.1) is 5.92 Å². The van der Waals surface area contributed by atoms with Gasteiger partial charge in [-0.3, -0.25) is 0 Å². The third-order valence-electron chi connectivity index (χ3n) is 2.66. The van der Waals surface area contributed by atoms with Crippen molar-refractivity contribution >= 4 is 0 Å². The molecule has 1 unspecified atom stereocenters. The standard InChI is InChI=1S/C11H17F/c1-8-5-6-10(7-9(8)2)11(3,4)12/h5-6,10H,7H2,1-4H3. The summed E-state index contributed by atoms with van der Waals surface area (Å²) in [6.45, 7) is 7.46. The third kappa shape index (κ3) is 1.96. The normalized spacial score (nSPS) is 24.9. The molecule has 1 aliphatic rings. The van der Waals surface area contributed by atoms with Crippen LogP contribution in [0.15, 0.2) is 23.3 Å². The molecule has 0 aromatic carbocycles. The molecule has 0 amide bonds. The van der Waals surface area contributed by atoms with Crippen molar-refractivity contribution in [1.29, 1.82) is 0 Å². The predicted octanol–water partition coefficient (Wildman–Crippen LogP) is 3.65. The molecule has 0 fully saturated rings. The van der Waals surface area contributed by atoms with E-state index in [4.69, 9.17) is 0 Å². The van der Waals surface area contributed by atoms with Gasteiger partial charge < -0.3 is 0 Å². The van der Waals surface area contributed by atoms with Gasteiger partial charge >= 0.3 is 0 Å². The fourth-order valence-electron chi connectivity index (χ4n) is 1.43. The second-order valence-electron chi connectivity index (χ2n) is 4.20. The van der Waals surface area contributed by atoms with Crippen LogP contribution in [0.25, 0.3) is 0 Å². The third-order valence-corrected chi connectivity index (χ3v) is 2.66. The molecule has 1 heteroatoms. The Morgan fingerprint density at radius 3 is 2.42 bits per heavy atom. The lowest BCUT2D eigenvalue weighted by Crippen LogP contribution is -2.25. The zero-order valence-corrected chi connectivity index (χ0v) is 8.32. The maximum atomic E-state index is 13.5. The molecule has 0 aromatic rings. The number of halogens is 1. The van der Waals surface area contributed by atoms with Gasteiger partial charge in [0.2, 0.25) is 0 Å². The Kier molecular flexibility index (Phi) is 2.41. The van der Waals surface area contributed by atoms with E-state index in [1.54, 1.807) is 13.8 Å². The van der Waals surface area contributed by atoms with Crippen molar-refractivity contribution in [3.05, 3.63) is 23.3 Å². The molecule has 0 radical (unpaired) electrons. The minimum absolute atomic E-state index is 0.0567. The fraction of sp³-hybridized carbons (Fsp3) is 0.636. The summed E-state index contributed by atoms with van der Waals surface area (Å²) in [4.78, 5) is 0. The van der Waals surface area contributed by atoms with E-state index in [0.29, 0.717) is 0 Å². The molecule has 1 rings (SSSR count). The molecular formula is C11H17F. The van der Waals surface area contributed by atoms with Crippen LogP contribution < -0.4 is 0 Å². The Balaban J connectivity index is 2.76. The molecule has 0 bridgehead atoms. The molecule has 12 heavy (non-hydrogen) atoms. The highest BCUT2D eigenvalue weighted by Crippen LogP contribution is 2.32. The van der Waals surface area contributed by atoms with Crippen molar-refractivity contribution in [2.45, 2.75) is 39.8 Å². The molecule has 1 aliphatic carbocycles. The van der Waals surface area contributed by atoms with Gasteiger partial charge in [-0.1, -0.05) is 23.3 Å². The summed E-state index contributed by atoms with van der Waals surface area (Å²) in [6, 6.07) is 0. The highest BCUT2D eigenvalue weighted by Gasteiger charge is 2.28. The largest absolute Gasteiger partial charge is 0.244 e. The first kappa shape index (κ1) is 9.50. The minimum Gasteiger partial charge on any atom is -0.244 e. The predicted molar refractivity (Wildman–Crippen MR) is 50.8 cm³/mol. The van der Waals surface area contributed by atoms with E-state index in [1.165, 1.54) is 11.1 Å². The van der Waals surface area contributed by atoms with Crippen LogP contribution in [-0.2, 0) is 0 Å². The molecule has 0 saturated carbocycles. The van der Waals surface area contributed by atoms with Gasteiger partial charge in [-0.2, -0.15) is 0 Å². The first-order chi connectivity index (χ1) is 5.41. The molecule has 68 valence electrons. The Labute approximate surface area is 74.2 Å². The van der Waals surface area contributed by atoms with Gasteiger partial charge in [0.1, 0.15) is 5.67 Å².